The Bertz CT molecular complexity index is 616. The molecule has 0 aromatic heterocycles. The summed E-state index contributed by atoms with van der Waals surface area (Å²) in [5.41, 5.74) is 6.62. The van der Waals surface area contributed by atoms with Crippen molar-refractivity contribution in [2.24, 2.45) is 5.73 Å². The summed E-state index contributed by atoms with van der Waals surface area (Å²) in [5.74, 6) is -3.11. The van der Waals surface area contributed by atoms with Crippen molar-refractivity contribution >= 4 is 0 Å². The number of halogens is 3. The molecular weight excluding hydrogens is 283 g/mol. The zero-order valence-electron chi connectivity index (χ0n) is 11.5. The lowest BCUT2D eigenvalue weighted by molar-refractivity contribution is 0.393. The molecule has 0 aliphatic carbocycles. The maximum Gasteiger partial charge on any atom is 0.194 e. The van der Waals surface area contributed by atoms with Crippen molar-refractivity contribution in [1.82, 2.24) is 0 Å². The van der Waals surface area contributed by atoms with Crippen LogP contribution in [0.25, 0.3) is 0 Å². The summed E-state index contributed by atoms with van der Waals surface area (Å²) in [4.78, 5) is 0. The van der Waals surface area contributed by atoms with Crippen molar-refractivity contribution in [3.8, 4) is 11.5 Å². The zero-order valence-corrected chi connectivity index (χ0v) is 11.5. The van der Waals surface area contributed by atoms with Gasteiger partial charge in [-0.1, -0.05) is 0 Å². The van der Waals surface area contributed by atoms with Gasteiger partial charge in [0.05, 0.1) is 20.3 Å². The fourth-order valence-electron chi connectivity index (χ4n) is 1.96. The summed E-state index contributed by atoms with van der Waals surface area (Å²) in [6.07, 6.45) is 0. The molecule has 2 aromatic carbocycles. The second-order valence-corrected chi connectivity index (χ2v) is 4.42. The highest BCUT2D eigenvalue weighted by Crippen LogP contribution is 2.29. The van der Waals surface area contributed by atoms with Gasteiger partial charge in [-0.15, -0.1) is 0 Å². The van der Waals surface area contributed by atoms with Gasteiger partial charge >= 0.3 is 0 Å². The van der Waals surface area contributed by atoms with Crippen LogP contribution in [0.5, 0.6) is 11.5 Å². The molecular formula is C15H14F3NO2. The standard InChI is InChI=1S/C15H14F3NO2/c1-20-10-3-8(4-11(7-10)21-2)15(19)9-5-12(16)14(18)13(17)6-9/h3-7,15H,19H2,1-2H3. The summed E-state index contributed by atoms with van der Waals surface area (Å²) in [6.45, 7) is 0. The van der Waals surface area contributed by atoms with Crippen LogP contribution in [0.3, 0.4) is 0 Å². The molecule has 6 heteroatoms. The first-order valence-corrected chi connectivity index (χ1v) is 6.09. The first-order chi connectivity index (χ1) is 9.96. The second-order valence-electron chi connectivity index (χ2n) is 4.42. The Balaban J connectivity index is 2.46. The molecule has 3 nitrogen and oxygen atoms in total. The van der Waals surface area contributed by atoms with Gasteiger partial charge < -0.3 is 15.2 Å². The number of ether oxygens (including phenoxy) is 2. The Kier molecular flexibility index (Phi) is 4.37. The van der Waals surface area contributed by atoms with E-state index in [0.717, 1.165) is 12.1 Å². The van der Waals surface area contributed by atoms with Crippen molar-refractivity contribution in [2.45, 2.75) is 6.04 Å². The highest BCUT2D eigenvalue weighted by atomic mass is 19.2. The van der Waals surface area contributed by atoms with Gasteiger partial charge in [0.1, 0.15) is 11.5 Å². The van der Waals surface area contributed by atoms with E-state index in [9.17, 15) is 13.2 Å². The molecule has 0 fully saturated rings. The Hall–Kier alpha value is -2.21. The third-order valence-corrected chi connectivity index (χ3v) is 3.10. The predicted molar refractivity (Wildman–Crippen MR) is 71.9 cm³/mol. The van der Waals surface area contributed by atoms with Crippen LogP contribution in [0, 0.1) is 17.5 Å². The van der Waals surface area contributed by atoms with Crippen molar-refractivity contribution in [2.75, 3.05) is 14.2 Å². The van der Waals surface area contributed by atoms with Crippen molar-refractivity contribution < 1.29 is 22.6 Å². The van der Waals surface area contributed by atoms with Crippen molar-refractivity contribution in [3.63, 3.8) is 0 Å². The summed E-state index contributed by atoms with van der Waals surface area (Å²) in [5, 5.41) is 0. The SMILES string of the molecule is COc1cc(OC)cc(C(N)c2cc(F)c(F)c(F)c2)c1. The maximum atomic E-state index is 13.3. The largest absolute Gasteiger partial charge is 0.497 e. The Morgan fingerprint density at radius 1 is 0.810 bits per heavy atom. The lowest BCUT2D eigenvalue weighted by Gasteiger charge is -2.15. The normalized spacial score (nSPS) is 12.1. The highest BCUT2D eigenvalue weighted by Gasteiger charge is 2.17. The summed E-state index contributed by atoms with van der Waals surface area (Å²) >= 11 is 0. The fourth-order valence-corrected chi connectivity index (χ4v) is 1.96. The van der Waals surface area contributed by atoms with Crippen LogP contribution in [-0.2, 0) is 0 Å². The number of nitrogens with two attached hydrogens (primary N) is 1. The molecule has 21 heavy (non-hydrogen) atoms. The van der Waals surface area contributed by atoms with Gasteiger partial charge in [0.15, 0.2) is 17.5 Å². The first kappa shape index (κ1) is 15.2. The van der Waals surface area contributed by atoms with E-state index in [4.69, 9.17) is 15.2 Å². The van der Waals surface area contributed by atoms with E-state index >= 15 is 0 Å². The lowest BCUT2D eigenvalue weighted by atomic mass is 9.98. The van der Waals surface area contributed by atoms with Crippen LogP contribution in [0.1, 0.15) is 17.2 Å². The van der Waals surface area contributed by atoms with Crippen LogP contribution in [0.4, 0.5) is 13.2 Å². The monoisotopic (exact) mass is 297 g/mol. The first-order valence-electron chi connectivity index (χ1n) is 6.09. The van der Waals surface area contributed by atoms with Crippen LogP contribution < -0.4 is 15.2 Å². The lowest BCUT2D eigenvalue weighted by Crippen LogP contribution is -2.13. The number of benzene rings is 2. The van der Waals surface area contributed by atoms with E-state index in [1.165, 1.54) is 14.2 Å². The molecule has 112 valence electrons. The van der Waals surface area contributed by atoms with Gasteiger partial charge in [-0.2, -0.15) is 0 Å². The van der Waals surface area contributed by atoms with E-state index in [1.54, 1.807) is 18.2 Å². The van der Waals surface area contributed by atoms with Gasteiger partial charge in [0, 0.05) is 6.07 Å². The van der Waals surface area contributed by atoms with Gasteiger partial charge in [0.25, 0.3) is 0 Å². The molecule has 0 aliphatic heterocycles. The van der Waals surface area contributed by atoms with E-state index in [1.807, 2.05) is 0 Å². The summed E-state index contributed by atoms with van der Waals surface area (Å²) in [6, 6.07) is 5.77. The summed E-state index contributed by atoms with van der Waals surface area (Å²) in [7, 11) is 2.95. The molecule has 0 saturated carbocycles. The molecule has 0 spiro atoms. The molecule has 2 aromatic rings. The molecule has 1 unspecified atom stereocenters. The van der Waals surface area contributed by atoms with Gasteiger partial charge in [-0.3, -0.25) is 0 Å². The molecule has 0 bridgehead atoms. The van der Waals surface area contributed by atoms with E-state index in [2.05, 4.69) is 0 Å². The van der Waals surface area contributed by atoms with Crippen molar-refractivity contribution in [1.29, 1.82) is 0 Å². The van der Waals surface area contributed by atoms with Crippen LogP contribution >= 0.6 is 0 Å². The van der Waals surface area contributed by atoms with Gasteiger partial charge in [0.2, 0.25) is 0 Å². The minimum Gasteiger partial charge on any atom is -0.497 e. The van der Waals surface area contributed by atoms with E-state index in [-0.39, 0.29) is 5.56 Å². The zero-order chi connectivity index (χ0) is 15.6. The molecule has 0 heterocycles. The number of methoxy groups -OCH3 is 2. The van der Waals surface area contributed by atoms with Gasteiger partial charge in [-0.05, 0) is 35.4 Å². The maximum absolute atomic E-state index is 13.3. The van der Waals surface area contributed by atoms with Crippen LogP contribution in [0.15, 0.2) is 30.3 Å². The van der Waals surface area contributed by atoms with Gasteiger partial charge in [-0.25, -0.2) is 13.2 Å². The molecule has 1 atom stereocenters. The molecule has 0 radical (unpaired) electrons. The number of hydrogen-bond donors (Lipinski definition) is 1. The summed E-state index contributed by atoms with van der Waals surface area (Å²) < 4.78 is 49.8. The smallest absolute Gasteiger partial charge is 0.194 e. The topological polar surface area (TPSA) is 44.5 Å². The highest BCUT2D eigenvalue weighted by molar-refractivity contribution is 5.43. The Morgan fingerprint density at radius 3 is 1.67 bits per heavy atom. The van der Waals surface area contributed by atoms with E-state index in [0.29, 0.717) is 17.1 Å². The molecule has 2 N–H and O–H groups in total. The third-order valence-electron chi connectivity index (χ3n) is 3.10. The quantitative estimate of drug-likeness (QED) is 0.882. The molecule has 2 rings (SSSR count). The van der Waals surface area contributed by atoms with Crippen LogP contribution in [0.2, 0.25) is 0 Å². The number of rotatable bonds is 4. The minimum absolute atomic E-state index is 0.113. The van der Waals surface area contributed by atoms with Crippen molar-refractivity contribution in [3.05, 3.63) is 58.9 Å². The van der Waals surface area contributed by atoms with Crippen LogP contribution in [-0.4, -0.2) is 14.2 Å². The average molecular weight is 297 g/mol. The molecule has 0 aliphatic rings. The number of hydrogen-bond acceptors (Lipinski definition) is 3. The molecule has 0 saturated heterocycles. The Morgan fingerprint density at radius 2 is 1.24 bits per heavy atom. The predicted octanol–water partition coefficient (Wildman–Crippen LogP) is 3.17. The van der Waals surface area contributed by atoms with E-state index < -0.39 is 23.5 Å². The fraction of sp³-hybridized carbons (Fsp3) is 0.200. The Labute approximate surface area is 120 Å². The minimum atomic E-state index is -1.52. The third kappa shape index (κ3) is 3.11. The second kappa shape index (κ2) is 6.05. The molecule has 0 amide bonds. The average Bonchev–Trinajstić information content (AvgIpc) is 2.50.